The Kier molecular flexibility index (Phi) is 3.55. The van der Waals surface area contributed by atoms with Crippen molar-refractivity contribution < 1.29 is 4.39 Å². The van der Waals surface area contributed by atoms with Crippen LogP contribution in [0.2, 0.25) is 0 Å². The standard InChI is InChI=1S/C14H16FN3/c1-10-8-14(17-16-11(10)2)18(3)9-12-4-6-13(15)7-5-12/h4-8H,9H2,1-3H3. The summed E-state index contributed by atoms with van der Waals surface area (Å²) in [5.41, 5.74) is 3.10. The number of hydrogen-bond acceptors (Lipinski definition) is 3. The van der Waals surface area contributed by atoms with Gasteiger partial charge in [-0.1, -0.05) is 12.1 Å². The van der Waals surface area contributed by atoms with Crippen LogP contribution in [-0.4, -0.2) is 17.2 Å². The first-order valence-electron chi connectivity index (χ1n) is 5.83. The van der Waals surface area contributed by atoms with Crippen molar-refractivity contribution >= 4 is 5.82 Å². The highest BCUT2D eigenvalue weighted by Gasteiger charge is 2.06. The van der Waals surface area contributed by atoms with Crippen molar-refractivity contribution in [2.45, 2.75) is 20.4 Å². The van der Waals surface area contributed by atoms with Gasteiger partial charge in [0.25, 0.3) is 0 Å². The second-order valence-electron chi connectivity index (χ2n) is 4.45. The monoisotopic (exact) mass is 245 g/mol. The molecule has 0 atom stereocenters. The molecule has 0 aliphatic carbocycles. The van der Waals surface area contributed by atoms with Crippen molar-refractivity contribution in [1.82, 2.24) is 10.2 Å². The molecule has 0 aliphatic heterocycles. The molecule has 1 heterocycles. The van der Waals surface area contributed by atoms with Gasteiger partial charge in [0.05, 0.1) is 5.69 Å². The molecule has 1 aromatic heterocycles. The fourth-order valence-electron chi connectivity index (χ4n) is 1.66. The first-order chi connectivity index (χ1) is 8.56. The number of benzene rings is 1. The molecule has 2 aromatic rings. The van der Waals surface area contributed by atoms with Crippen LogP contribution in [0.15, 0.2) is 30.3 Å². The summed E-state index contributed by atoms with van der Waals surface area (Å²) >= 11 is 0. The molecule has 2 rings (SSSR count). The lowest BCUT2D eigenvalue weighted by Crippen LogP contribution is -2.18. The molecule has 0 amide bonds. The summed E-state index contributed by atoms with van der Waals surface area (Å²) in [4.78, 5) is 1.99. The minimum atomic E-state index is -0.215. The molecular weight excluding hydrogens is 229 g/mol. The molecule has 18 heavy (non-hydrogen) atoms. The summed E-state index contributed by atoms with van der Waals surface area (Å²) < 4.78 is 12.8. The smallest absolute Gasteiger partial charge is 0.151 e. The number of anilines is 1. The van der Waals surface area contributed by atoms with Gasteiger partial charge < -0.3 is 4.90 Å². The van der Waals surface area contributed by atoms with Gasteiger partial charge in [-0.15, -0.1) is 5.10 Å². The van der Waals surface area contributed by atoms with Crippen molar-refractivity contribution in [3.8, 4) is 0 Å². The van der Waals surface area contributed by atoms with Crippen molar-refractivity contribution in [3.05, 3.63) is 53.0 Å². The minimum Gasteiger partial charge on any atom is -0.354 e. The summed E-state index contributed by atoms with van der Waals surface area (Å²) in [6, 6.07) is 8.50. The molecule has 3 nitrogen and oxygen atoms in total. The average molecular weight is 245 g/mol. The molecule has 0 aliphatic rings. The fourth-order valence-corrected chi connectivity index (χ4v) is 1.66. The normalized spacial score (nSPS) is 10.4. The van der Waals surface area contributed by atoms with Gasteiger partial charge in [0, 0.05) is 13.6 Å². The predicted molar refractivity (Wildman–Crippen MR) is 70.0 cm³/mol. The molecule has 0 fully saturated rings. The van der Waals surface area contributed by atoms with Crippen molar-refractivity contribution in [2.24, 2.45) is 0 Å². The number of aryl methyl sites for hydroxylation is 2. The zero-order valence-corrected chi connectivity index (χ0v) is 10.8. The van der Waals surface area contributed by atoms with Crippen LogP contribution in [0.25, 0.3) is 0 Å². The van der Waals surface area contributed by atoms with E-state index in [1.165, 1.54) is 12.1 Å². The van der Waals surface area contributed by atoms with Crippen LogP contribution in [0.3, 0.4) is 0 Å². The summed E-state index contributed by atoms with van der Waals surface area (Å²) in [5.74, 6) is 0.606. The SMILES string of the molecule is Cc1cc(N(C)Cc2ccc(F)cc2)nnc1C. The van der Waals surface area contributed by atoms with Gasteiger partial charge in [0.15, 0.2) is 5.82 Å². The highest BCUT2D eigenvalue weighted by atomic mass is 19.1. The largest absolute Gasteiger partial charge is 0.354 e. The molecule has 94 valence electrons. The van der Waals surface area contributed by atoms with Gasteiger partial charge in [-0.3, -0.25) is 0 Å². The number of aromatic nitrogens is 2. The summed E-state index contributed by atoms with van der Waals surface area (Å²) in [6.07, 6.45) is 0. The number of hydrogen-bond donors (Lipinski definition) is 0. The maximum absolute atomic E-state index is 12.8. The van der Waals surface area contributed by atoms with E-state index in [9.17, 15) is 4.39 Å². The van der Waals surface area contributed by atoms with E-state index in [0.29, 0.717) is 6.54 Å². The molecule has 0 N–H and O–H groups in total. The Morgan fingerprint density at radius 2 is 1.78 bits per heavy atom. The third kappa shape index (κ3) is 2.83. The quantitative estimate of drug-likeness (QED) is 0.832. The molecule has 1 aromatic carbocycles. The van der Waals surface area contributed by atoms with E-state index < -0.39 is 0 Å². The van der Waals surface area contributed by atoms with Gasteiger partial charge in [-0.25, -0.2) is 4.39 Å². The second-order valence-corrected chi connectivity index (χ2v) is 4.45. The van der Waals surface area contributed by atoms with Crippen LogP contribution in [0.4, 0.5) is 10.2 Å². The molecule has 0 spiro atoms. The zero-order valence-electron chi connectivity index (χ0n) is 10.8. The first kappa shape index (κ1) is 12.5. The van der Waals surface area contributed by atoms with Gasteiger partial charge in [0.1, 0.15) is 5.82 Å². The number of nitrogens with zero attached hydrogens (tertiary/aromatic N) is 3. The molecule has 0 radical (unpaired) electrons. The second kappa shape index (κ2) is 5.12. The molecule has 0 saturated heterocycles. The van der Waals surface area contributed by atoms with Crippen LogP contribution in [-0.2, 0) is 6.54 Å². The summed E-state index contributed by atoms with van der Waals surface area (Å²) in [6.45, 7) is 4.63. The van der Waals surface area contributed by atoms with Crippen LogP contribution in [0, 0.1) is 19.7 Å². The van der Waals surface area contributed by atoms with Crippen LogP contribution in [0.5, 0.6) is 0 Å². The van der Waals surface area contributed by atoms with Crippen molar-refractivity contribution in [2.75, 3.05) is 11.9 Å². The van der Waals surface area contributed by atoms with E-state index in [1.807, 2.05) is 31.9 Å². The van der Waals surface area contributed by atoms with E-state index >= 15 is 0 Å². The Morgan fingerprint density at radius 3 is 2.39 bits per heavy atom. The maximum atomic E-state index is 12.8. The molecule has 0 unspecified atom stereocenters. The van der Waals surface area contributed by atoms with Crippen LogP contribution in [0.1, 0.15) is 16.8 Å². The fraction of sp³-hybridized carbons (Fsp3) is 0.286. The molecule has 4 heteroatoms. The number of halogens is 1. The predicted octanol–water partition coefficient (Wildman–Crippen LogP) is 2.87. The Labute approximate surface area is 106 Å². The Hall–Kier alpha value is -1.97. The van der Waals surface area contributed by atoms with Crippen LogP contribution < -0.4 is 4.90 Å². The van der Waals surface area contributed by atoms with E-state index in [4.69, 9.17) is 0 Å². The van der Waals surface area contributed by atoms with Gasteiger partial charge in [-0.2, -0.15) is 5.10 Å². The van der Waals surface area contributed by atoms with Crippen molar-refractivity contribution in [1.29, 1.82) is 0 Å². The van der Waals surface area contributed by atoms with Crippen molar-refractivity contribution in [3.63, 3.8) is 0 Å². The minimum absolute atomic E-state index is 0.215. The highest BCUT2D eigenvalue weighted by Crippen LogP contribution is 2.14. The lowest BCUT2D eigenvalue weighted by atomic mass is 10.2. The summed E-state index contributed by atoms with van der Waals surface area (Å²) in [7, 11) is 1.95. The Balaban J connectivity index is 2.13. The van der Waals surface area contributed by atoms with E-state index in [-0.39, 0.29) is 5.82 Å². The average Bonchev–Trinajstić information content (AvgIpc) is 2.35. The highest BCUT2D eigenvalue weighted by molar-refractivity contribution is 5.40. The van der Waals surface area contributed by atoms with Crippen LogP contribution >= 0.6 is 0 Å². The Morgan fingerprint density at radius 1 is 1.11 bits per heavy atom. The maximum Gasteiger partial charge on any atom is 0.151 e. The lowest BCUT2D eigenvalue weighted by Gasteiger charge is -2.18. The first-order valence-corrected chi connectivity index (χ1v) is 5.83. The van der Waals surface area contributed by atoms with Gasteiger partial charge in [-0.05, 0) is 43.2 Å². The third-order valence-corrected chi connectivity index (χ3v) is 2.94. The third-order valence-electron chi connectivity index (χ3n) is 2.94. The topological polar surface area (TPSA) is 29.0 Å². The zero-order chi connectivity index (χ0) is 13.1. The Bertz CT molecular complexity index is 537. The van der Waals surface area contributed by atoms with E-state index in [0.717, 1.165) is 22.6 Å². The molecule has 0 bridgehead atoms. The lowest BCUT2D eigenvalue weighted by molar-refractivity contribution is 0.627. The van der Waals surface area contributed by atoms with E-state index in [1.54, 1.807) is 12.1 Å². The van der Waals surface area contributed by atoms with Gasteiger partial charge in [0.2, 0.25) is 0 Å². The van der Waals surface area contributed by atoms with E-state index in [2.05, 4.69) is 10.2 Å². The van der Waals surface area contributed by atoms with Gasteiger partial charge >= 0.3 is 0 Å². The molecule has 0 saturated carbocycles. The number of rotatable bonds is 3. The molecular formula is C14H16FN3. The summed E-state index contributed by atoms with van der Waals surface area (Å²) in [5, 5.41) is 8.26.